The van der Waals surface area contributed by atoms with Gasteiger partial charge in [0.05, 0.1) is 27.8 Å². The van der Waals surface area contributed by atoms with Crippen molar-refractivity contribution in [3.8, 4) is 34.0 Å². The zero-order valence-corrected chi connectivity index (χ0v) is 27.4. The van der Waals surface area contributed by atoms with Gasteiger partial charge in [0.15, 0.2) is 5.58 Å². The highest BCUT2D eigenvalue weighted by Crippen LogP contribution is 2.46. The Bertz CT molecular complexity index is 3120. The summed E-state index contributed by atoms with van der Waals surface area (Å²) in [4.78, 5) is 9.96. The van der Waals surface area contributed by atoms with Crippen LogP contribution in [0.3, 0.4) is 0 Å². The summed E-state index contributed by atoms with van der Waals surface area (Å²) in [5.74, 6) is 0.905. The lowest BCUT2D eigenvalue weighted by molar-refractivity contribution is 0.671. The van der Waals surface area contributed by atoms with Gasteiger partial charge in [-0.1, -0.05) is 84.9 Å². The van der Waals surface area contributed by atoms with Gasteiger partial charge in [0.1, 0.15) is 11.4 Å². The van der Waals surface area contributed by atoms with Crippen LogP contribution in [0.5, 0.6) is 0 Å². The number of nitrogens with zero attached hydrogens (tertiary/aromatic N) is 4. The Labute approximate surface area is 292 Å². The third-order valence-corrected chi connectivity index (χ3v) is 10.2. The Hall–Kier alpha value is -6.98. The molecule has 0 amide bonds. The van der Waals surface area contributed by atoms with E-state index in [1.165, 1.54) is 10.8 Å². The predicted molar refractivity (Wildman–Crippen MR) is 209 cm³/mol. The summed E-state index contributed by atoms with van der Waals surface area (Å²) in [5.41, 5.74) is 11.1. The minimum absolute atomic E-state index is 0.852. The summed E-state index contributed by atoms with van der Waals surface area (Å²) in [5, 5.41) is 6.81. The van der Waals surface area contributed by atoms with Crippen molar-refractivity contribution in [2.24, 2.45) is 0 Å². The predicted octanol–water partition coefficient (Wildman–Crippen LogP) is 11.9. The van der Waals surface area contributed by atoms with E-state index in [1.54, 1.807) is 0 Å². The molecule has 4 heterocycles. The SMILES string of the molecule is c1ccc(-n2c(-c3ccc(-n4c5ccccc5c5cc(-c6ccccn6)c6c(oc7ccc8ccccc8c76)c54)cc3)nc3ccccc32)cc1. The molecule has 0 unspecified atom stereocenters. The molecule has 5 nitrogen and oxygen atoms in total. The van der Waals surface area contributed by atoms with Crippen molar-refractivity contribution in [3.05, 3.63) is 170 Å². The number of benzene rings is 7. The van der Waals surface area contributed by atoms with E-state index in [4.69, 9.17) is 14.4 Å². The van der Waals surface area contributed by atoms with E-state index in [0.29, 0.717) is 0 Å². The smallest absolute Gasteiger partial charge is 0.160 e. The van der Waals surface area contributed by atoms with Crippen molar-refractivity contribution in [1.82, 2.24) is 19.1 Å². The molecule has 0 N–H and O–H groups in total. The number of imidazole rings is 1. The van der Waals surface area contributed by atoms with Crippen LogP contribution < -0.4 is 0 Å². The van der Waals surface area contributed by atoms with E-state index in [9.17, 15) is 0 Å². The van der Waals surface area contributed by atoms with Gasteiger partial charge in [-0.05, 0) is 89.6 Å². The van der Waals surface area contributed by atoms with E-state index in [0.717, 1.165) is 88.8 Å². The summed E-state index contributed by atoms with van der Waals surface area (Å²) in [6.07, 6.45) is 1.86. The monoisotopic (exact) mass is 652 g/mol. The molecule has 0 saturated carbocycles. The van der Waals surface area contributed by atoms with Crippen LogP contribution in [0.15, 0.2) is 174 Å². The first-order chi connectivity index (χ1) is 25.3. The topological polar surface area (TPSA) is 48.8 Å². The maximum atomic E-state index is 6.96. The van der Waals surface area contributed by atoms with Gasteiger partial charge >= 0.3 is 0 Å². The largest absolute Gasteiger partial charge is 0.454 e. The molecule has 0 aliphatic carbocycles. The van der Waals surface area contributed by atoms with Crippen molar-refractivity contribution in [2.75, 3.05) is 0 Å². The van der Waals surface area contributed by atoms with Crippen molar-refractivity contribution in [3.63, 3.8) is 0 Å². The van der Waals surface area contributed by atoms with Crippen LogP contribution in [0, 0.1) is 0 Å². The van der Waals surface area contributed by atoms with Gasteiger partial charge in [0.2, 0.25) is 0 Å². The van der Waals surface area contributed by atoms with Crippen molar-refractivity contribution >= 4 is 65.6 Å². The summed E-state index contributed by atoms with van der Waals surface area (Å²) in [6, 6.07) is 57.4. The zero-order valence-electron chi connectivity index (χ0n) is 27.4. The van der Waals surface area contributed by atoms with Gasteiger partial charge in [-0.2, -0.15) is 0 Å². The van der Waals surface area contributed by atoms with Crippen LogP contribution in [0.4, 0.5) is 0 Å². The number of furan rings is 1. The molecular formula is C46H28N4O. The van der Waals surface area contributed by atoms with Crippen LogP contribution in [0.1, 0.15) is 0 Å². The molecule has 11 rings (SSSR count). The maximum absolute atomic E-state index is 6.96. The minimum Gasteiger partial charge on any atom is -0.454 e. The fraction of sp³-hybridized carbons (Fsp3) is 0. The lowest BCUT2D eigenvalue weighted by Gasteiger charge is -2.12. The molecule has 4 aromatic heterocycles. The van der Waals surface area contributed by atoms with Crippen LogP contribution in [-0.2, 0) is 0 Å². The molecule has 0 saturated heterocycles. The highest BCUT2D eigenvalue weighted by Gasteiger charge is 2.24. The average molecular weight is 653 g/mol. The number of fused-ring (bicyclic) bond motifs is 10. The van der Waals surface area contributed by atoms with E-state index in [1.807, 2.05) is 24.4 Å². The summed E-state index contributed by atoms with van der Waals surface area (Å²) < 4.78 is 11.6. The number of para-hydroxylation sites is 4. The third-order valence-electron chi connectivity index (χ3n) is 10.2. The van der Waals surface area contributed by atoms with Crippen molar-refractivity contribution in [1.29, 1.82) is 0 Å². The number of hydrogen-bond donors (Lipinski definition) is 0. The maximum Gasteiger partial charge on any atom is 0.160 e. The molecule has 0 bridgehead atoms. The zero-order chi connectivity index (χ0) is 33.5. The van der Waals surface area contributed by atoms with Gasteiger partial charge in [0, 0.05) is 50.2 Å². The van der Waals surface area contributed by atoms with Crippen molar-refractivity contribution < 1.29 is 4.42 Å². The van der Waals surface area contributed by atoms with Crippen molar-refractivity contribution in [2.45, 2.75) is 0 Å². The van der Waals surface area contributed by atoms with Gasteiger partial charge in [-0.3, -0.25) is 9.55 Å². The van der Waals surface area contributed by atoms with Gasteiger partial charge in [0.25, 0.3) is 0 Å². The second-order valence-corrected chi connectivity index (χ2v) is 13.0. The fourth-order valence-corrected chi connectivity index (χ4v) is 7.95. The van der Waals surface area contributed by atoms with E-state index in [-0.39, 0.29) is 0 Å². The first-order valence-electron chi connectivity index (χ1n) is 17.2. The minimum atomic E-state index is 0.852. The highest BCUT2D eigenvalue weighted by molar-refractivity contribution is 6.30. The van der Waals surface area contributed by atoms with Crippen LogP contribution in [0.2, 0.25) is 0 Å². The molecule has 5 heteroatoms. The van der Waals surface area contributed by atoms with E-state index < -0.39 is 0 Å². The van der Waals surface area contributed by atoms with E-state index in [2.05, 4.69) is 155 Å². The Morgan fingerprint density at radius 1 is 0.510 bits per heavy atom. The lowest BCUT2D eigenvalue weighted by atomic mass is 9.97. The van der Waals surface area contributed by atoms with Gasteiger partial charge in [-0.15, -0.1) is 0 Å². The fourth-order valence-electron chi connectivity index (χ4n) is 7.95. The van der Waals surface area contributed by atoms with Crippen LogP contribution >= 0.6 is 0 Å². The van der Waals surface area contributed by atoms with Gasteiger partial charge in [-0.25, -0.2) is 4.98 Å². The van der Waals surface area contributed by atoms with Crippen LogP contribution in [-0.4, -0.2) is 19.1 Å². The Morgan fingerprint density at radius 3 is 2.08 bits per heavy atom. The first-order valence-corrected chi connectivity index (χ1v) is 17.2. The average Bonchev–Trinajstić information content (AvgIpc) is 3.89. The Kier molecular flexibility index (Phi) is 5.89. The second-order valence-electron chi connectivity index (χ2n) is 13.0. The number of pyridine rings is 1. The molecule has 238 valence electrons. The van der Waals surface area contributed by atoms with Gasteiger partial charge < -0.3 is 8.98 Å². The molecule has 51 heavy (non-hydrogen) atoms. The Balaban J connectivity index is 1.20. The number of aromatic nitrogens is 4. The lowest BCUT2D eigenvalue weighted by Crippen LogP contribution is -1.98. The molecule has 0 atom stereocenters. The second kappa shape index (κ2) is 10.8. The summed E-state index contributed by atoms with van der Waals surface area (Å²) >= 11 is 0. The Morgan fingerprint density at radius 2 is 1.24 bits per heavy atom. The summed E-state index contributed by atoms with van der Waals surface area (Å²) in [7, 11) is 0. The molecular weight excluding hydrogens is 625 g/mol. The molecule has 7 aromatic carbocycles. The summed E-state index contributed by atoms with van der Waals surface area (Å²) in [6.45, 7) is 0. The molecule has 0 spiro atoms. The molecule has 0 fully saturated rings. The standard InChI is InChI=1S/C46H28N4O/c1-2-13-31(14-3-1)50-40-20-9-7-18-38(40)48-46(50)30-21-24-32(25-22-30)49-39-19-8-6-16-34(39)35-28-36(37-17-10-11-27-47-37)43-42-33-15-5-4-12-29(33)23-26-41(42)51-45(43)44(35)49/h1-28H. The molecule has 0 radical (unpaired) electrons. The van der Waals surface area contributed by atoms with E-state index >= 15 is 0 Å². The molecule has 0 aliphatic heterocycles. The number of rotatable bonds is 4. The van der Waals surface area contributed by atoms with Crippen LogP contribution in [0.25, 0.3) is 99.6 Å². The third kappa shape index (κ3) is 4.09. The number of hydrogen-bond acceptors (Lipinski definition) is 3. The normalized spacial score (nSPS) is 11.9. The first kappa shape index (κ1) is 27.9. The highest BCUT2D eigenvalue weighted by atomic mass is 16.3. The molecule has 0 aliphatic rings. The molecule has 11 aromatic rings. The quantitative estimate of drug-likeness (QED) is 0.190.